The van der Waals surface area contributed by atoms with E-state index in [-0.39, 0.29) is 11.7 Å². The average Bonchev–Trinajstić information content (AvgIpc) is 2.35. The van der Waals surface area contributed by atoms with Gasteiger partial charge >= 0.3 is 0 Å². The van der Waals surface area contributed by atoms with Crippen LogP contribution < -0.4 is 0 Å². The van der Waals surface area contributed by atoms with Crippen LogP contribution in [0.15, 0.2) is 22.7 Å². The number of hydrogen-bond donors (Lipinski definition) is 0. The molecule has 2 atom stereocenters. The maximum Gasteiger partial charge on any atom is 0.167 e. The number of benzene rings is 1. The van der Waals surface area contributed by atoms with Gasteiger partial charge in [-0.3, -0.25) is 4.79 Å². The molecule has 0 fully saturated rings. The molecule has 1 aromatic rings. The Morgan fingerprint density at radius 1 is 1.24 bits per heavy atom. The highest BCUT2D eigenvalue weighted by molar-refractivity contribution is 9.10. The maximum absolute atomic E-state index is 12.4. The van der Waals surface area contributed by atoms with E-state index in [4.69, 9.17) is 0 Å². The zero-order valence-electron chi connectivity index (χ0n) is 11.1. The molecule has 0 saturated heterocycles. The van der Waals surface area contributed by atoms with Crippen molar-refractivity contribution in [2.75, 3.05) is 0 Å². The highest BCUT2D eigenvalue weighted by Crippen LogP contribution is 2.30. The molecule has 0 N–H and O–H groups in total. The van der Waals surface area contributed by atoms with Crippen molar-refractivity contribution in [3.05, 3.63) is 33.8 Å². The Labute approximate surface area is 113 Å². The Hall–Kier alpha value is -0.630. The van der Waals surface area contributed by atoms with E-state index in [1.807, 2.05) is 19.1 Å². The topological polar surface area (TPSA) is 17.1 Å². The molecule has 0 radical (unpaired) electrons. The van der Waals surface area contributed by atoms with E-state index in [0.29, 0.717) is 5.92 Å². The number of hydrogen-bond acceptors (Lipinski definition) is 1. The van der Waals surface area contributed by atoms with Crippen LogP contribution in [0.25, 0.3) is 0 Å². The Morgan fingerprint density at radius 3 is 2.41 bits per heavy atom. The SMILES string of the molecule is CCC(C)C(=O)c1c(Br)cccc1C(C)CC. The zero-order valence-corrected chi connectivity index (χ0v) is 12.7. The Morgan fingerprint density at radius 2 is 1.88 bits per heavy atom. The third kappa shape index (κ3) is 3.19. The molecule has 0 amide bonds. The van der Waals surface area contributed by atoms with Crippen molar-refractivity contribution in [1.82, 2.24) is 0 Å². The lowest BCUT2D eigenvalue weighted by Gasteiger charge is -2.18. The van der Waals surface area contributed by atoms with Crippen LogP contribution in [0.1, 0.15) is 62.4 Å². The van der Waals surface area contributed by atoms with Gasteiger partial charge in [-0.05, 0) is 30.4 Å². The van der Waals surface area contributed by atoms with E-state index in [0.717, 1.165) is 22.9 Å². The quantitative estimate of drug-likeness (QED) is 0.683. The fourth-order valence-electron chi connectivity index (χ4n) is 1.86. The third-order valence-corrected chi connectivity index (χ3v) is 4.16. The normalized spacial score (nSPS) is 14.4. The number of carbonyl (C=O) groups is 1. The molecule has 0 aliphatic carbocycles. The highest BCUT2D eigenvalue weighted by atomic mass is 79.9. The summed E-state index contributed by atoms with van der Waals surface area (Å²) in [5, 5.41) is 0. The summed E-state index contributed by atoms with van der Waals surface area (Å²) in [5.74, 6) is 0.780. The second-order valence-electron chi connectivity index (χ2n) is 4.69. The number of rotatable bonds is 5. The standard InChI is InChI=1S/C15H21BrO/c1-5-10(3)12-8-7-9-13(16)14(12)15(17)11(4)6-2/h7-11H,5-6H2,1-4H3. The third-order valence-electron chi connectivity index (χ3n) is 3.50. The lowest BCUT2D eigenvalue weighted by Crippen LogP contribution is -2.14. The summed E-state index contributed by atoms with van der Waals surface area (Å²) in [6.45, 7) is 8.39. The molecule has 2 unspecified atom stereocenters. The number of Topliss-reactive ketones (excluding diaryl/α,β-unsaturated/α-hetero) is 1. The number of carbonyl (C=O) groups excluding carboxylic acids is 1. The Bertz CT molecular complexity index is 398. The molecule has 1 aromatic carbocycles. The summed E-state index contributed by atoms with van der Waals surface area (Å²) in [5.41, 5.74) is 2.06. The second-order valence-corrected chi connectivity index (χ2v) is 5.54. The van der Waals surface area contributed by atoms with Gasteiger partial charge in [0.15, 0.2) is 5.78 Å². The fraction of sp³-hybridized carbons (Fsp3) is 0.533. The minimum Gasteiger partial charge on any atom is -0.294 e. The maximum atomic E-state index is 12.4. The molecule has 0 aliphatic heterocycles. The van der Waals surface area contributed by atoms with Crippen molar-refractivity contribution in [1.29, 1.82) is 0 Å². The summed E-state index contributed by atoms with van der Waals surface area (Å²) >= 11 is 3.52. The highest BCUT2D eigenvalue weighted by Gasteiger charge is 2.21. The van der Waals surface area contributed by atoms with Crippen LogP contribution in [0, 0.1) is 5.92 Å². The van der Waals surface area contributed by atoms with Gasteiger partial charge in [0, 0.05) is 16.0 Å². The summed E-state index contributed by atoms with van der Waals surface area (Å²) in [6, 6.07) is 6.05. The van der Waals surface area contributed by atoms with Gasteiger partial charge < -0.3 is 0 Å². The molecule has 17 heavy (non-hydrogen) atoms. The predicted octanol–water partition coefficient (Wildman–Crippen LogP) is 5.19. The minimum absolute atomic E-state index is 0.0940. The van der Waals surface area contributed by atoms with E-state index in [1.54, 1.807) is 0 Å². The lowest BCUT2D eigenvalue weighted by atomic mass is 9.87. The van der Waals surface area contributed by atoms with Crippen LogP contribution in [-0.2, 0) is 0 Å². The zero-order chi connectivity index (χ0) is 13.0. The predicted molar refractivity (Wildman–Crippen MR) is 76.6 cm³/mol. The van der Waals surface area contributed by atoms with E-state index in [2.05, 4.69) is 42.8 Å². The molecular formula is C15H21BrO. The van der Waals surface area contributed by atoms with Crippen molar-refractivity contribution in [2.45, 2.75) is 46.5 Å². The molecule has 0 saturated carbocycles. The van der Waals surface area contributed by atoms with Crippen LogP contribution in [0.4, 0.5) is 0 Å². The van der Waals surface area contributed by atoms with Gasteiger partial charge in [-0.25, -0.2) is 0 Å². The van der Waals surface area contributed by atoms with Crippen LogP contribution in [-0.4, -0.2) is 5.78 Å². The number of halogens is 1. The summed E-state index contributed by atoms with van der Waals surface area (Å²) < 4.78 is 0.931. The molecule has 0 spiro atoms. The molecule has 94 valence electrons. The van der Waals surface area contributed by atoms with Gasteiger partial charge in [0.05, 0.1) is 0 Å². The van der Waals surface area contributed by atoms with Gasteiger partial charge in [0.25, 0.3) is 0 Å². The molecule has 0 aromatic heterocycles. The van der Waals surface area contributed by atoms with Crippen LogP contribution in [0.3, 0.4) is 0 Å². The number of ketones is 1. The Kier molecular flexibility index (Phi) is 5.38. The summed E-state index contributed by atoms with van der Waals surface area (Å²) in [6.07, 6.45) is 1.94. The van der Waals surface area contributed by atoms with Crippen LogP contribution in [0.2, 0.25) is 0 Å². The first kappa shape index (κ1) is 14.4. The average molecular weight is 297 g/mol. The van der Waals surface area contributed by atoms with Gasteiger partial charge in [-0.2, -0.15) is 0 Å². The first-order chi connectivity index (χ1) is 8.02. The van der Waals surface area contributed by atoms with Gasteiger partial charge in [0.2, 0.25) is 0 Å². The summed E-state index contributed by atoms with van der Waals surface area (Å²) in [4.78, 5) is 12.4. The van der Waals surface area contributed by atoms with Crippen molar-refractivity contribution >= 4 is 21.7 Å². The van der Waals surface area contributed by atoms with Gasteiger partial charge in [-0.1, -0.05) is 55.8 Å². The largest absolute Gasteiger partial charge is 0.294 e. The lowest BCUT2D eigenvalue weighted by molar-refractivity contribution is 0.0925. The Balaban J connectivity index is 3.25. The second kappa shape index (κ2) is 6.34. The van der Waals surface area contributed by atoms with E-state index in [9.17, 15) is 4.79 Å². The van der Waals surface area contributed by atoms with Gasteiger partial charge in [-0.15, -0.1) is 0 Å². The van der Waals surface area contributed by atoms with Gasteiger partial charge in [0.1, 0.15) is 0 Å². The molecule has 0 aliphatic rings. The van der Waals surface area contributed by atoms with Crippen molar-refractivity contribution in [3.8, 4) is 0 Å². The molecule has 0 heterocycles. The first-order valence-electron chi connectivity index (χ1n) is 6.35. The first-order valence-corrected chi connectivity index (χ1v) is 7.14. The molecular weight excluding hydrogens is 276 g/mol. The van der Waals surface area contributed by atoms with E-state index >= 15 is 0 Å². The molecule has 0 bridgehead atoms. The molecule has 2 heteroatoms. The fourth-order valence-corrected chi connectivity index (χ4v) is 2.44. The van der Waals surface area contributed by atoms with Crippen molar-refractivity contribution in [3.63, 3.8) is 0 Å². The smallest absolute Gasteiger partial charge is 0.167 e. The van der Waals surface area contributed by atoms with Crippen molar-refractivity contribution in [2.24, 2.45) is 5.92 Å². The summed E-state index contributed by atoms with van der Waals surface area (Å²) in [7, 11) is 0. The van der Waals surface area contributed by atoms with Crippen molar-refractivity contribution < 1.29 is 4.79 Å². The molecule has 1 nitrogen and oxygen atoms in total. The van der Waals surface area contributed by atoms with Crippen LogP contribution >= 0.6 is 15.9 Å². The molecule has 1 rings (SSSR count). The van der Waals surface area contributed by atoms with Crippen LogP contribution in [0.5, 0.6) is 0 Å². The van der Waals surface area contributed by atoms with E-state index < -0.39 is 0 Å². The minimum atomic E-state index is 0.0940. The van der Waals surface area contributed by atoms with E-state index in [1.165, 1.54) is 5.56 Å². The monoisotopic (exact) mass is 296 g/mol.